The number of carbonyl (C=O) groups is 3. The minimum Gasteiger partial charge on any atom is -0.468 e. The number of esters is 1. The first-order valence-electron chi connectivity index (χ1n) is 8.85. The highest BCUT2D eigenvalue weighted by Crippen LogP contribution is 2.11. The van der Waals surface area contributed by atoms with Gasteiger partial charge in [0.15, 0.2) is 0 Å². The number of carbonyl (C=O) groups excluding carboxylic acids is 3. The number of rotatable bonds is 6. The Balaban J connectivity index is 1.91. The van der Waals surface area contributed by atoms with Gasteiger partial charge in [0.1, 0.15) is 0 Å². The van der Waals surface area contributed by atoms with E-state index >= 15 is 0 Å². The molecule has 2 rings (SSSR count). The van der Waals surface area contributed by atoms with Gasteiger partial charge in [0.2, 0.25) is 5.91 Å². The highest BCUT2D eigenvalue weighted by molar-refractivity contribution is 5.94. The molecule has 1 fully saturated rings. The zero-order valence-corrected chi connectivity index (χ0v) is 15.7. The number of ether oxygens (including phenoxy) is 1. The van der Waals surface area contributed by atoms with Crippen LogP contribution in [0.1, 0.15) is 29.8 Å². The Morgan fingerprint density at radius 2 is 1.85 bits per heavy atom. The highest BCUT2D eigenvalue weighted by Gasteiger charge is 2.23. The molecule has 1 aromatic rings. The van der Waals surface area contributed by atoms with E-state index < -0.39 is 0 Å². The quantitative estimate of drug-likeness (QED) is 0.762. The minimum absolute atomic E-state index is 0.0107. The first kappa shape index (κ1) is 19.9. The number of benzene rings is 1. The molecule has 0 radical (unpaired) electrons. The molecule has 0 aromatic heterocycles. The van der Waals surface area contributed by atoms with Crippen LogP contribution in [0.25, 0.3) is 0 Å². The molecule has 1 N–H and O–H groups in total. The highest BCUT2D eigenvalue weighted by atomic mass is 16.5. The van der Waals surface area contributed by atoms with Crippen LogP contribution in [0.3, 0.4) is 0 Å². The van der Waals surface area contributed by atoms with Gasteiger partial charge in [-0.15, -0.1) is 0 Å². The summed E-state index contributed by atoms with van der Waals surface area (Å²) >= 11 is 0. The fraction of sp³-hybridized carbons (Fsp3) is 0.526. The van der Waals surface area contributed by atoms with E-state index in [-0.39, 0.29) is 30.2 Å². The van der Waals surface area contributed by atoms with E-state index in [4.69, 9.17) is 0 Å². The van der Waals surface area contributed by atoms with Gasteiger partial charge >= 0.3 is 5.97 Å². The van der Waals surface area contributed by atoms with Crippen molar-refractivity contribution >= 4 is 17.8 Å². The third-order valence-corrected chi connectivity index (χ3v) is 4.40. The number of nitrogens with one attached hydrogen (secondary N) is 1. The summed E-state index contributed by atoms with van der Waals surface area (Å²) in [5.41, 5.74) is 1.51. The summed E-state index contributed by atoms with van der Waals surface area (Å²) in [6, 6.07) is 7.34. The molecule has 1 heterocycles. The Hall–Kier alpha value is -2.41. The van der Waals surface area contributed by atoms with Gasteiger partial charge in [-0.25, -0.2) is 0 Å². The predicted molar refractivity (Wildman–Crippen MR) is 97.5 cm³/mol. The molecule has 0 saturated carbocycles. The molecule has 0 spiro atoms. The van der Waals surface area contributed by atoms with Crippen LogP contribution in [0.4, 0.5) is 0 Å². The lowest BCUT2D eigenvalue weighted by Gasteiger charge is -2.34. The Bertz CT molecular complexity index is 652. The van der Waals surface area contributed by atoms with Crippen LogP contribution in [0.5, 0.6) is 0 Å². The standard InChI is InChI=1S/C19H27N3O4/c1-14(2)18(24)20-12-15-5-4-6-16(11-15)19(25)22-9-7-21(8-10-22)13-17(23)26-3/h4-6,11,14H,7-10,12-13H2,1-3H3,(H,20,24). The van der Waals surface area contributed by atoms with Crippen LogP contribution in [0, 0.1) is 5.92 Å². The Labute approximate surface area is 154 Å². The van der Waals surface area contributed by atoms with Gasteiger partial charge in [-0.2, -0.15) is 0 Å². The lowest BCUT2D eigenvalue weighted by molar-refractivity contribution is -0.142. The van der Waals surface area contributed by atoms with Crippen LogP contribution in [-0.4, -0.2) is 67.4 Å². The minimum atomic E-state index is -0.263. The van der Waals surface area contributed by atoms with E-state index in [1.165, 1.54) is 7.11 Å². The van der Waals surface area contributed by atoms with Gasteiger partial charge in [-0.05, 0) is 17.7 Å². The van der Waals surface area contributed by atoms with Crippen molar-refractivity contribution in [3.05, 3.63) is 35.4 Å². The summed E-state index contributed by atoms with van der Waals surface area (Å²) in [5.74, 6) is -0.370. The van der Waals surface area contributed by atoms with Crippen molar-refractivity contribution in [2.75, 3.05) is 39.8 Å². The second-order valence-corrected chi connectivity index (χ2v) is 6.72. The van der Waals surface area contributed by atoms with Crippen LogP contribution < -0.4 is 5.32 Å². The number of methoxy groups -OCH3 is 1. The molecule has 1 aromatic carbocycles. The first-order valence-corrected chi connectivity index (χ1v) is 8.85. The zero-order valence-electron chi connectivity index (χ0n) is 15.7. The molecule has 1 saturated heterocycles. The summed E-state index contributed by atoms with van der Waals surface area (Å²) in [6.45, 7) is 6.78. The number of amides is 2. The van der Waals surface area contributed by atoms with Crippen molar-refractivity contribution in [2.45, 2.75) is 20.4 Å². The number of hydrogen-bond acceptors (Lipinski definition) is 5. The monoisotopic (exact) mass is 361 g/mol. The van der Waals surface area contributed by atoms with E-state index in [2.05, 4.69) is 10.1 Å². The smallest absolute Gasteiger partial charge is 0.319 e. The molecule has 0 unspecified atom stereocenters. The first-order chi connectivity index (χ1) is 12.4. The fourth-order valence-corrected chi connectivity index (χ4v) is 2.75. The molecule has 142 valence electrons. The Kier molecular flexibility index (Phi) is 7.15. The van der Waals surface area contributed by atoms with Crippen molar-refractivity contribution in [1.82, 2.24) is 15.1 Å². The average molecular weight is 361 g/mol. The molecule has 26 heavy (non-hydrogen) atoms. The van der Waals surface area contributed by atoms with Gasteiger partial charge in [-0.1, -0.05) is 26.0 Å². The second kappa shape index (κ2) is 9.33. The number of piperazine rings is 1. The van der Waals surface area contributed by atoms with Crippen molar-refractivity contribution in [3.63, 3.8) is 0 Å². The van der Waals surface area contributed by atoms with E-state index in [0.29, 0.717) is 38.3 Å². The third-order valence-electron chi connectivity index (χ3n) is 4.40. The van der Waals surface area contributed by atoms with E-state index in [0.717, 1.165) is 5.56 Å². The summed E-state index contributed by atoms with van der Waals surface area (Å²) in [4.78, 5) is 39.5. The molecule has 7 nitrogen and oxygen atoms in total. The van der Waals surface area contributed by atoms with E-state index in [9.17, 15) is 14.4 Å². The Morgan fingerprint density at radius 1 is 1.15 bits per heavy atom. The van der Waals surface area contributed by atoms with E-state index in [1.807, 2.05) is 36.9 Å². The molecule has 0 aliphatic carbocycles. The molecule has 1 aliphatic heterocycles. The lowest BCUT2D eigenvalue weighted by Crippen LogP contribution is -2.50. The molecule has 0 atom stereocenters. The maximum Gasteiger partial charge on any atom is 0.319 e. The third kappa shape index (κ3) is 5.56. The Morgan fingerprint density at radius 3 is 2.46 bits per heavy atom. The van der Waals surface area contributed by atoms with Crippen molar-refractivity contribution in [2.24, 2.45) is 5.92 Å². The molecule has 1 aliphatic rings. The van der Waals surface area contributed by atoms with Crippen molar-refractivity contribution in [1.29, 1.82) is 0 Å². The fourth-order valence-electron chi connectivity index (χ4n) is 2.75. The van der Waals surface area contributed by atoms with Crippen LogP contribution >= 0.6 is 0 Å². The lowest BCUT2D eigenvalue weighted by atomic mass is 10.1. The topological polar surface area (TPSA) is 79.0 Å². The molecular formula is C19H27N3O4. The maximum atomic E-state index is 12.7. The molecule has 2 amide bonds. The maximum absolute atomic E-state index is 12.7. The summed E-state index contributed by atoms with van der Waals surface area (Å²) < 4.78 is 4.67. The van der Waals surface area contributed by atoms with Crippen LogP contribution in [0.15, 0.2) is 24.3 Å². The summed E-state index contributed by atoms with van der Waals surface area (Å²) in [5, 5.41) is 2.86. The number of hydrogen-bond donors (Lipinski definition) is 1. The second-order valence-electron chi connectivity index (χ2n) is 6.72. The van der Waals surface area contributed by atoms with Crippen LogP contribution in [0.2, 0.25) is 0 Å². The van der Waals surface area contributed by atoms with Crippen molar-refractivity contribution in [3.8, 4) is 0 Å². The van der Waals surface area contributed by atoms with Gasteiger partial charge in [-0.3, -0.25) is 19.3 Å². The normalized spacial score (nSPS) is 15.0. The van der Waals surface area contributed by atoms with E-state index in [1.54, 1.807) is 11.0 Å². The van der Waals surface area contributed by atoms with Crippen molar-refractivity contribution < 1.29 is 19.1 Å². The summed E-state index contributed by atoms with van der Waals surface area (Å²) in [6.07, 6.45) is 0. The SMILES string of the molecule is COC(=O)CN1CCN(C(=O)c2cccc(CNC(=O)C(C)C)c2)CC1. The predicted octanol–water partition coefficient (Wildman–Crippen LogP) is 0.890. The van der Waals surface area contributed by atoms with Gasteiger partial charge in [0.25, 0.3) is 5.91 Å². The number of nitrogens with zero attached hydrogens (tertiary/aromatic N) is 2. The van der Waals surface area contributed by atoms with Crippen LogP contribution in [-0.2, 0) is 20.9 Å². The van der Waals surface area contributed by atoms with Gasteiger partial charge in [0, 0.05) is 44.2 Å². The molecule has 0 bridgehead atoms. The van der Waals surface area contributed by atoms with Gasteiger partial charge in [0.05, 0.1) is 13.7 Å². The van der Waals surface area contributed by atoms with Gasteiger partial charge < -0.3 is 15.0 Å². The summed E-state index contributed by atoms with van der Waals surface area (Å²) in [7, 11) is 1.37. The molecule has 7 heteroatoms. The molecular weight excluding hydrogens is 334 g/mol. The zero-order chi connectivity index (χ0) is 19.1. The largest absolute Gasteiger partial charge is 0.468 e. The average Bonchev–Trinajstić information content (AvgIpc) is 2.66.